The molecule has 0 bridgehead atoms. The number of hydrogen-bond acceptors (Lipinski definition) is 3. The highest BCUT2D eigenvalue weighted by atomic mass is 16.5. The molecule has 1 saturated heterocycles. The fraction of sp³-hybridized carbons (Fsp3) is 0.857. The number of piperazine rings is 1. The molecule has 2 amide bonds. The van der Waals surface area contributed by atoms with Gasteiger partial charge in [-0.05, 0) is 40.0 Å². The van der Waals surface area contributed by atoms with Crippen LogP contribution in [0.3, 0.4) is 0 Å². The van der Waals surface area contributed by atoms with Crippen molar-refractivity contribution < 1.29 is 14.3 Å². The molecule has 1 atom stereocenters. The normalized spacial score (nSPS) is 26.5. The zero-order valence-corrected chi connectivity index (χ0v) is 12.7. The average Bonchev–Trinajstić information content (AvgIpc) is 2.35. The van der Waals surface area contributed by atoms with Crippen LogP contribution in [-0.4, -0.2) is 48.1 Å². The molecule has 0 aromatic carbocycles. The van der Waals surface area contributed by atoms with Crippen LogP contribution in [0.5, 0.6) is 0 Å². The van der Waals surface area contributed by atoms with E-state index in [0.717, 1.165) is 12.8 Å². The molecule has 0 aromatic rings. The van der Waals surface area contributed by atoms with E-state index in [0.29, 0.717) is 19.6 Å². The van der Waals surface area contributed by atoms with Crippen LogP contribution in [0.4, 0.5) is 0 Å². The summed E-state index contributed by atoms with van der Waals surface area (Å²) in [5, 5.41) is 2.82. The number of nitrogens with zero attached hydrogens (tertiary/aromatic N) is 1. The van der Waals surface area contributed by atoms with Crippen molar-refractivity contribution in [1.29, 1.82) is 0 Å². The van der Waals surface area contributed by atoms with Gasteiger partial charge in [-0.2, -0.15) is 0 Å². The number of hydrogen-bond donors (Lipinski definition) is 1. The summed E-state index contributed by atoms with van der Waals surface area (Å²) in [4.78, 5) is 26.5. The molecule has 1 N–H and O–H groups in total. The molecule has 0 aromatic heterocycles. The zero-order chi connectivity index (χ0) is 14.7. The molecule has 0 saturated carbocycles. The van der Waals surface area contributed by atoms with E-state index < -0.39 is 11.1 Å². The van der Waals surface area contributed by atoms with Crippen LogP contribution >= 0.6 is 0 Å². The maximum absolute atomic E-state index is 12.5. The number of rotatable bonds is 6. The average molecular weight is 270 g/mol. The molecule has 1 fully saturated rings. The van der Waals surface area contributed by atoms with E-state index in [2.05, 4.69) is 5.32 Å². The third-order valence-electron chi connectivity index (χ3n) is 3.96. The van der Waals surface area contributed by atoms with Gasteiger partial charge < -0.3 is 15.0 Å². The molecular weight excluding hydrogens is 244 g/mol. The summed E-state index contributed by atoms with van der Waals surface area (Å²) in [6.45, 7) is 8.57. The quantitative estimate of drug-likeness (QED) is 0.741. The number of methoxy groups -OCH3 is 1. The Kier molecular flexibility index (Phi) is 4.96. The lowest BCUT2D eigenvalue weighted by atomic mass is 9.86. The summed E-state index contributed by atoms with van der Waals surface area (Å²) < 4.78 is 5.02. The summed E-state index contributed by atoms with van der Waals surface area (Å²) in [6, 6.07) is 0. The maximum Gasteiger partial charge on any atom is 0.248 e. The lowest BCUT2D eigenvalue weighted by Crippen LogP contribution is -2.73. The van der Waals surface area contributed by atoms with Crippen LogP contribution in [0.1, 0.15) is 47.0 Å². The summed E-state index contributed by atoms with van der Waals surface area (Å²) in [5.74, 6) is -0.0693. The molecule has 0 spiro atoms. The van der Waals surface area contributed by atoms with Gasteiger partial charge in [-0.25, -0.2) is 0 Å². The number of nitrogens with one attached hydrogen (secondary N) is 1. The lowest BCUT2D eigenvalue weighted by Gasteiger charge is -2.49. The highest BCUT2D eigenvalue weighted by Gasteiger charge is 2.51. The monoisotopic (exact) mass is 270 g/mol. The van der Waals surface area contributed by atoms with Crippen molar-refractivity contribution in [2.45, 2.75) is 58.0 Å². The highest BCUT2D eigenvalue weighted by Crippen LogP contribution is 2.29. The SMILES string of the molecule is CCC1(C)C(=O)NC(C)(C)C(=O)N1CCCCOC. The first-order chi connectivity index (χ1) is 8.79. The van der Waals surface area contributed by atoms with Crippen molar-refractivity contribution in [2.75, 3.05) is 20.3 Å². The van der Waals surface area contributed by atoms with E-state index in [1.165, 1.54) is 0 Å². The smallest absolute Gasteiger partial charge is 0.248 e. The Hall–Kier alpha value is -1.10. The van der Waals surface area contributed by atoms with Crippen molar-refractivity contribution in [1.82, 2.24) is 10.2 Å². The second kappa shape index (κ2) is 5.90. The van der Waals surface area contributed by atoms with Gasteiger partial charge in [0.2, 0.25) is 11.8 Å². The molecule has 1 heterocycles. The minimum atomic E-state index is -0.812. The first kappa shape index (κ1) is 16.0. The van der Waals surface area contributed by atoms with Crippen molar-refractivity contribution in [3.63, 3.8) is 0 Å². The third kappa shape index (κ3) is 3.08. The summed E-state index contributed by atoms with van der Waals surface area (Å²) in [6.07, 6.45) is 2.35. The van der Waals surface area contributed by atoms with Gasteiger partial charge in [0.15, 0.2) is 0 Å². The van der Waals surface area contributed by atoms with Gasteiger partial charge in [0.25, 0.3) is 0 Å². The van der Waals surface area contributed by atoms with Crippen LogP contribution in [-0.2, 0) is 14.3 Å². The van der Waals surface area contributed by atoms with Crippen molar-refractivity contribution >= 4 is 11.8 Å². The molecule has 19 heavy (non-hydrogen) atoms. The van der Waals surface area contributed by atoms with Crippen LogP contribution in [0.25, 0.3) is 0 Å². The van der Waals surface area contributed by atoms with Crippen molar-refractivity contribution in [3.05, 3.63) is 0 Å². The topological polar surface area (TPSA) is 58.6 Å². The van der Waals surface area contributed by atoms with Crippen LogP contribution in [0.15, 0.2) is 0 Å². The first-order valence-corrected chi connectivity index (χ1v) is 6.93. The Balaban J connectivity index is 2.85. The number of amides is 2. The van der Waals surface area contributed by atoms with Crippen LogP contribution < -0.4 is 5.32 Å². The van der Waals surface area contributed by atoms with E-state index in [4.69, 9.17) is 4.74 Å². The predicted octanol–water partition coefficient (Wildman–Crippen LogP) is 1.32. The predicted molar refractivity (Wildman–Crippen MR) is 73.7 cm³/mol. The summed E-state index contributed by atoms with van der Waals surface area (Å²) in [5.41, 5.74) is -1.55. The Bertz CT molecular complexity index is 355. The fourth-order valence-corrected chi connectivity index (χ4v) is 2.37. The number of ether oxygens (including phenoxy) is 1. The Morgan fingerprint density at radius 2 is 1.84 bits per heavy atom. The van der Waals surface area contributed by atoms with Gasteiger partial charge in [-0.3, -0.25) is 9.59 Å². The van der Waals surface area contributed by atoms with Gasteiger partial charge in [-0.1, -0.05) is 6.92 Å². The maximum atomic E-state index is 12.5. The molecule has 1 rings (SSSR count). The molecule has 0 radical (unpaired) electrons. The van der Waals surface area contributed by atoms with E-state index >= 15 is 0 Å². The molecule has 1 aliphatic rings. The Morgan fingerprint density at radius 1 is 1.21 bits per heavy atom. The Morgan fingerprint density at radius 3 is 2.37 bits per heavy atom. The molecule has 1 unspecified atom stereocenters. The number of unbranched alkanes of at least 4 members (excludes halogenated alkanes) is 1. The van der Waals surface area contributed by atoms with Gasteiger partial charge in [0, 0.05) is 20.3 Å². The number of carbonyl (C=O) groups excluding carboxylic acids is 2. The minimum Gasteiger partial charge on any atom is -0.385 e. The molecule has 5 nitrogen and oxygen atoms in total. The van der Waals surface area contributed by atoms with Crippen molar-refractivity contribution in [3.8, 4) is 0 Å². The number of carbonyl (C=O) groups is 2. The van der Waals surface area contributed by atoms with Gasteiger partial charge in [0.1, 0.15) is 11.1 Å². The van der Waals surface area contributed by atoms with E-state index in [1.807, 2.05) is 13.8 Å². The van der Waals surface area contributed by atoms with Gasteiger partial charge in [0.05, 0.1) is 0 Å². The molecule has 110 valence electrons. The fourth-order valence-electron chi connectivity index (χ4n) is 2.37. The summed E-state index contributed by atoms with van der Waals surface area (Å²) in [7, 11) is 1.67. The molecule has 1 aliphatic heterocycles. The Labute approximate surface area is 115 Å². The van der Waals surface area contributed by atoms with Crippen LogP contribution in [0, 0.1) is 0 Å². The largest absolute Gasteiger partial charge is 0.385 e. The molecule has 5 heteroatoms. The molecule has 0 aliphatic carbocycles. The van der Waals surface area contributed by atoms with Crippen molar-refractivity contribution in [2.24, 2.45) is 0 Å². The lowest BCUT2D eigenvalue weighted by molar-refractivity contribution is -0.161. The van der Waals surface area contributed by atoms with Gasteiger partial charge >= 0.3 is 0 Å². The van der Waals surface area contributed by atoms with E-state index in [1.54, 1.807) is 25.9 Å². The minimum absolute atomic E-state index is 0.00568. The second-order valence-corrected chi connectivity index (χ2v) is 5.86. The third-order valence-corrected chi connectivity index (χ3v) is 3.96. The molecular formula is C14H26N2O3. The standard InChI is InChI=1S/C14H26N2O3/c1-6-14(4)11(17)15-13(2,3)12(18)16(14)9-7-8-10-19-5/h6-10H2,1-5H3,(H,15,17). The first-order valence-electron chi connectivity index (χ1n) is 6.93. The van der Waals surface area contributed by atoms with Gasteiger partial charge in [-0.15, -0.1) is 0 Å². The van der Waals surface area contributed by atoms with E-state index in [-0.39, 0.29) is 11.8 Å². The van der Waals surface area contributed by atoms with E-state index in [9.17, 15) is 9.59 Å². The zero-order valence-electron chi connectivity index (χ0n) is 12.7. The second-order valence-electron chi connectivity index (χ2n) is 5.86. The highest BCUT2D eigenvalue weighted by molar-refractivity contribution is 6.01. The van der Waals surface area contributed by atoms with Crippen LogP contribution in [0.2, 0.25) is 0 Å². The summed E-state index contributed by atoms with van der Waals surface area (Å²) >= 11 is 0.